The molecule has 0 aromatic carbocycles. The molecule has 2 aromatic heterocycles. The number of aromatic amines is 1. The van der Waals surface area contributed by atoms with Crippen molar-refractivity contribution in [3.63, 3.8) is 0 Å². The zero-order chi connectivity index (χ0) is 14.7. The monoisotopic (exact) mass is 271 g/mol. The van der Waals surface area contributed by atoms with Crippen LogP contribution in [-0.2, 0) is 0 Å². The van der Waals surface area contributed by atoms with Crippen LogP contribution >= 0.6 is 0 Å². The van der Waals surface area contributed by atoms with Gasteiger partial charge in [-0.15, -0.1) is 0 Å². The molecule has 1 atom stereocenters. The van der Waals surface area contributed by atoms with Crippen LogP contribution in [0, 0.1) is 6.92 Å². The van der Waals surface area contributed by atoms with E-state index in [1.165, 1.54) is 4.90 Å². The third-order valence-electron chi connectivity index (χ3n) is 3.30. The maximum absolute atomic E-state index is 12.4. The van der Waals surface area contributed by atoms with Crippen LogP contribution in [0.25, 0.3) is 0 Å². The number of H-pyrrole nitrogens is 1. The maximum Gasteiger partial charge on any atom is 0.260 e. The van der Waals surface area contributed by atoms with Gasteiger partial charge in [0, 0.05) is 18.9 Å². The fraction of sp³-hybridized carbons (Fsp3) is 0.267. The normalized spacial score (nSPS) is 11.9. The van der Waals surface area contributed by atoms with Gasteiger partial charge in [0.1, 0.15) is 5.56 Å². The van der Waals surface area contributed by atoms with Gasteiger partial charge in [0.15, 0.2) is 0 Å². The summed E-state index contributed by atoms with van der Waals surface area (Å²) in [5.41, 5.74) is 1.29. The van der Waals surface area contributed by atoms with Gasteiger partial charge in [-0.1, -0.05) is 6.07 Å². The van der Waals surface area contributed by atoms with Crippen molar-refractivity contribution in [1.29, 1.82) is 0 Å². The summed E-state index contributed by atoms with van der Waals surface area (Å²) in [7, 11) is 1.67. The number of hydrogen-bond acceptors (Lipinski definition) is 3. The fourth-order valence-electron chi connectivity index (χ4n) is 1.93. The van der Waals surface area contributed by atoms with Crippen LogP contribution in [0.1, 0.15) is 34.7 Å². The molecule has 2 heterocycles. The van der Waals surface area contributed by atoms with E-state index in [-0.39, 0.29) is 23.1 Å². The molecule has 0 unspecified atom stereocenters. The van der Waals surface area contributed by atoms with Gasteiger partial charge in [0.2, 0.25) is 0 Å². The van der Waals surface area contributed by atoms with E-state index in [0.29, 0.717) is 0 Å². The molecule has 1 N–H and O–H groups in total. The molecule has 0 fully saturated rings. The average molecular weight is 271 g/mol. The summed E-state index contributed by atoms with van der Waals surface area (Å²) in [4.78, 5) is 32.6. The second-order valence-electron chi connectivity index (χ2n) is 4.73. The number of nitrogens with zero attached hydrogens (tertiary/aromatic N) is 2. The minimum atomic E-state index is -0.366. The van der Waals surface area contributed by atoms with Crippen molar-refractivity contribution in [3.8, 4) is 0 Å². The lowest BCUT2D eigenvalue weighted by atomic mass is 10.1. The van der Waals surface area contributed by atoms with E-state index < -0.39 is 0 Å². The Kier molecular flexibility index (Phi) is 3.98. The van der Waals surface area contributed by atoms with Gasteiger partial charge in [0.25, 0.3) is 11.5 Å². The molecule has 20 heavy (non-hydrogen) atoms. The van der Waals surface area contributed by atoms with Crippen LogP contribution in [0.2, 0.25) is 0 Å². The van der Waals surface area contributed by atoms with Gasteiger partial charge in [0.05, 0.1) is 11.7 Å². The number of amides is 1. The molecule has 0 aliphatic carbocycles. The Labute approximate surface area is 117 Å². The lowest BCUT2D eigenvalue weighted by molar-refractivity contribution is 0.0738. The molecule has 1 amide bonds. The molecule has 5 nitrogen and oxygen atoms in total. The van der Waals surface area contributed by atoms with Crippen LogP contribution in [0.5, 0.6) is 0 Å². The van der Waals surface area contributed by atoms with Gasteiger partial charge in [-0.3, -0.25) is 14.6 Å². The molecule has 0 saturated carbocycles. The lowest BCUT2D eigenvalue weighted by Crippen LogP contribution is -2.34. The van der Waals surface area contributed by atoms with E-state index in [9.17, 15) is 9.59 Å². The molecular weight excluding hydrogens is 254 g/mol. The molecule has 0 spiro atoms. The van der Waals surface area contributed by atoms with Gasteiger partial charge in [-0.05, 0) is 38.1 Å². The van der Waals surface area contributed by atoms with Crippen LogP contribution < -0.4 is 5.56 Å². The highest BCUT2D eigenvalue weighted by Crippen LogP contribution is 2.17. The standard InChI is InChI=1S/C15H17N3O2/c1-10-7-8-12(14(19)17-10)15(20)18(3)11(2)13-6-4-5-9-16-13/h4-9,11H,1-3H3,(H,17,19)/t11-/m0/s1. The predicted octanol–water partition coefficient (Wildman–Crippen LogP) is 1.91. The number of hydrogen-bond donors (Lipinski definition) is 1. The molecule has 0 aliphatic heterocycles. The number of rotatable bonds is 3. The van der Waals surface area contributed by atoms with E-state index in [2.05, 4.69) is 9.97 Å². The van der Waals surface area contributed by atoms with Crippen molar-refractivity contribution in [2.24, 2.45) is 0 Å². The molecule has 2 aromatic rings. The van der Waals surface area contributed by atoms with Gasteiger partial charge in [-0.2, -0.15) is 0 Å². The van der Waals surface area contributed by atoms with Crippen LogP contribution in [0.4, 0.5) is 0 Å². The molecular formula is C15H17N3O2. The van der Waals surface area contributed by atoms with E-state index in [0.717, 1.165) is 11.4 Å². The van der Waals surface area contributed by atoms with Crippen LogP contribution in [-0.4, -0.2) is 27.8 Å². The highest BCUT2D eigenvalue weighted by atomic mass is 16.2. The summed E-state index contributed by atoms with van der Waals surface area (Å²) < 4.78 is 0. The van der Waals surface area contributed by atoms with Gasteiger partial charge < -0.3 is 9.88 Å². The van der Waals surface area contributed by atoms with E-state index in [4.69, 9.17) is 0 Å². The van der Waals surface area contributed by atoms with E-state index in [1.807, 2.05) is 25.1 Å². The van der Waals surface area contributed by atoms with Gasteiger partial charge in [-0.25, -0.2) is 0 Å². The first-order valence-corrected chi connectivity index (χ1v) is 6.38. The Morgan fingerprint density at radius 3 is 2.65 bits per heavy atom. The molecule has 2 rings (SSSR count). The van der Waals surface area contributed by atoms with E-state index >= 15 is 0 Å². The smallest absolute Gasteiger partial charge is 0.260 e. The molecule has 0 bridgehead atoms. The summed E-state index contributed by atoms with van der Waals surface area (Å²) in [6, 6.07) is 8.61. The summed E-state index contributed by atoms with van der Waals surface area (Å²) in [5.74, 6) is -0.315. The zero-order valence-corrected chi connectivity index (χ0v) is 11.8. The highest BCUT2D eigenvalue weighted by molar-refractivity contribution is 5.93. The summed E-state index contributed by atoms with van der Waals surface area (Å²) in [6.45, 7) is 3.65. The molecule has 0 radical (unpaired) electrons. The second-order valence-corrected chi connectivity index (χ2v) is 4.73. The molecule has 0 aliphatic rings. The zero-order valence-electron chi connectivity index (χ0n) is 11.8. The van der Waals surface area contributed by atoms with E-state index in [1.54, 1.807) is 32.3 Å². The highest BCUT2D eigenvalue weighted by Gasteiger charge is 2.21. The number of aryl methyl sites for hydroxylation is 1. The number of nitrogens with one attached hydrogen (secondary N) is 1. The third kappa shape index (κ3) is 2.77. The number of pyridine rings is 2. The van der Waals surface area contributed by atoms with Crippen molar-refractivity contribution in [2.45, 2.75) is 19.9 Å². The number of aromatic nitrogens is 2. The summed E-state index contributed by atoms with van der Waals surface area (Å²) in [6.07, 6.45) is 1.68. The van der Waals surface area contributed by atoms with Crippen molar-refractivity contribution >= 4 is 5.91 Å². The topological polar surface area (TPSA) is 66.1 Å². The van der Waals surface area contributed by atoms with Crippen molar-refractivity contribution in [2.75, 3.05) is 7.05 Å². The third-order valence-corrected chi connectivity index (χ3v) is 3.30. The molecule has 104 valence electrons. The summed E-state index contributed by atoms with van der Waals surface area (Å²) >= 11 is 0. The molecule has 5 heteroatoms. The Balaban J connectivity index is 2.27. The minimum absolute atomic E-state index is 0.140. The number of carbonyl (C=O) groups is 1. The Morgan fingerprint density at radius 2 is 2.05 bits per heavy atom. The van der Waals surface area contributed by atoms with Crippen LogP contribution in [0.15, 0.2) is 41.3 Å². The first-order chi connectivity index (χ1) is 9.50. The van der Waals surface area contributed by atoms with Crippen molar-refractivity contribution in [1.82, 2.24) is 14.9 Å². The quantitative estimate of drug-likeness (QED) is 0.927. The predicted molar refractivity (Wildman–Crippen MR) is 76.5 cm³/mol. The SMILES string of the molecule is Cc1ccc(C(=O)N(C)[C@@H](C)c2ccccn2)c(=O)[nH]1. The van der Waals surface area contributed by atoms with Gasteiger partial charge >= 0.3 is 0 Å². The van der Waals surface area contributed by atoms with Crippen molar-refractivity contribution < 1.29 is 4.79 Å². The Hall–Kier alpha value is -2.43. The second kappa shape index (κ2) is 5.69. The minimum Gasteiger partial charge on any atom is -0.333 e. The lowest BCUT2D eigenvalue weighted by Gasteiger charge is -2.24. The fourth-order valence-corrected chi connectivity index (χ4v) is 1.93. The first-order valence-electron chi connectivity index (χ1n) is 6.38. The summed E-state index contributed by atoms with van der Waals surface area (Å²) in [5, 5.41) is 0. The Bertz CT molecular complexity index is 664. The van der Waals surface area contributed by atoms with Crippen molar-refractivity contribution in [3.05, 3.63) is 63.8 Å². The number of carbonyl (C=O) groups excluding carboxylic acids is 1. The Morgan fingerprint density at radius 1 is 1.30 bits per heavy atom. The first kappa shape index (κ1) is 14.0. The average Bonchev–Trinajstić information content (AvgIpc) is 2.46. The maximum atomic E-state index is 12.4. The van der Waals surface area contributed by atoms with Crippen LogP contribution in [0.3, 0.4) is 0 Å². The molecule has 0 saturated heterocycles. The largest absolute Gasteiger partial charge is 0.333 e.